The van der Waals surface area contributed by atoms with Crippen molar-refractivity contribution in [1.82, 2.24) is 5.32 Å². The number of rotatable bonds is 5. The number of carbonyl (C=O) groups is 1. The molecule has 2 N–H and O–H groups in total. The van der Waals surface area contributed by atoms with Gasteiger partial charge in [-0.25, -0.2) is 0 Å². The number of carbonyl (C=O) groups excluding carboxylic acids is 1. The van der Waals surface area contributed by atoms with Gasteiger partial charge in [0.1, 0.15) is 6.54 Å². The van der Waals surface area contributed by atoms with Crippen LogP contribution in [0.3, 0.4) is 0 Å². The van der Waals surface area contributed by atoms with E-state index in [0.29, 0.717) is 19.8 Å². The van der Waals surface area contributed by atoms with Crippen molar-refractivity contribution >= 4 is 5.91 Å². The fraction of sp³-hybridized carbons (Fsp3) is 0.458. The number of quaternary nitrogens is 1. The Bertz CT molecular complexity index is 865. The fourth-order valence-electron chi connectivity index (χ4n) is 4.25. The monoisotopic (exact) mass is 395 g/mol. The Morgan fingerprint density at radius 3 is 2.62 bits per heavy atom. The maximum Gasteiger partial charge on any atom is 0.275 e. The summed E-state index contributed by atoms with van der Waals surface area (Å²) in [5, 5.41) is 3.27. The maximum atomic E-state index is 12.9. The molecular weight excluding hydrogens is 364 g/mol. The van der Waals surface area contributed by atoms with Crippen LogP contribution in [-0.4, -0.2) is 32.2 Å². The Labute approximate surface area is 173 Å². The van der Waals surface area contributed by atoms with Crippen molar-refractivity contribution in [3.05, 3.63) is 59.2 Å². The molecule has 2 aliphatic heterocycles. The van der Waals surface area contributed by atoms with E-state index in [1.165, 1.54) is 16.0 Å². The molecule has 1 unspecified atom stereocenters. The van der Waals surface area contributed by atoms with E-state index in [1.807, 2.05) is 18.2 Å². The SMILES string of the molecule is CC(C)[C@@H](NC(=O)C[NH+]1CCc2ccccc2C1)c1ccc2c(c1)OCCCO2. The third-order valence-electron chi connectivity index (χ3n) is 5.83. The molecule has 0 bridgehead atoms. The van der Waals surface area contributed by atoms with Crippen LogP contribution in [0.25, 0.3) is 0 Å². The third kappa shape index (κ3) is 4.73. The summed E-state index contributed by atoms with van der Waals surface area (Å²) in [5.41, 5.74) is 3.85. The van der Waals surface area contributed by atoms with Crippen LogP contribution in [0.2, 0.25) is 0 Å². The molecule has 154 valence electrons. The smallest absolute Gasteiger partial charge is 0.275 e. The molecule has 0 saturated heterocycles. The summed E-state index contributed by atoms with van der Waals surface area (Å²) in [6, 6.07) is 14.5. The predicted molar refractivity (Wildman–Crippen MR) is 112 cm³/mol. The van der Waals surface area contributed by atoms with Gasteiger partial charge >= 0.3 is 0 Å². The highest BCUT2D eigenvalue weighted by Gasteiger charge is 2.25. The van der Waals surface area contributed by atoms with E-state index < -0.39 is 0 Å². The van der Waals surface area contributed by atoms with Gasteiger partial charge in [0.2, 0.25) is 0 Å². The molecule has 0 radical (unpaired) electrons. The van der Waals surface area contributed by atoms with Crippen molar-refractivity contribution in [2.75, 3.05) is 26.3 Å². The van der Waals surface area contributed by atoms with Crippen molar-refractivity contribution in [2.24, 2.45) is 5.92 Å². The molecule has 2 atom stereocenters. The zero-order chi connectivity index (χ0) is 20.2. The first-order valence-corrected chi connectivity index (χ1v) is 10.7. The van der Waals surface area contributed by atoms with E-state index in [2.05, 4.69) is 43.4 Å². The molecule has 4 rings (SSSR count). The summed E-state index contributed by atoms with van der Waals surface area (Å²) < 4.78 is 11.6. The number of nitrogens with one attached hydrogen (secondary N) is 2. The van der Waals surface area contributed by atoms with Crippen LogP contribution in [0.5, 0.6) is 11.5 Å². The van der Waals surface area contributed by atoms with Gasteiger partial charge in [-0.15, -0.1) is 0 Å². The van der Waals surface area contributed by atoms with Gasteiger partial charge in [0, 0.05) is 18.4 Å². The van der Waals surface area contributed by atoms with Crippen LogP contribution >= 0.6 is 0 Å². The van der Waals surface area contributed by atoms with Gasteiger partial charge in [-0.05, 0) is 29.2 Å². The molecule has 5 heteroatoms. The van der Waals surface area contributed by atoms with Gasteiger partial charge in [0.25, 0.3) is 5.91 Å². The number of ether oxygens (including phenoxy) is 2. The molecule has 0 saturated carbocycles. The average Bonchev–Trinajstić information content (AvgIpc) is 2.96. The molecule has 1 amide bonds. The number of hydrogen-bond acceptors (Lipinski definition) is 3. The molecule has 5 nitrogen and oxygen atoms in total. The fourth-order valence-corrected chi connectivity index (χ4v) is 4.25. The Hall–Kier alpha value is -2.53. The summed E-state index contributed by atoms with van der Waals surface area (Å²) in [6.45, 7) is 8.03. The minimum absolute atomic E-state index is 0.0453. The lowest BCUT2D eigenvalue weighted by Crippen LogP contribution is -3.12. The summed E-state index contributed by atoms with van der Waals surface area (Å²) in [6.07, 6.45) is 1.92. The molecule has 0 aromatic heterocycles. The maximum absolute atomic E-state index is 12.9. The van der Waals surface area contributed by atoms with Gasteiger partial charge < -0.3 is 19.7 Å². The molecule has 0 aliphatic carbocycles. The quantitative estimate of drug-likeness (QED) is 0.817. The lowest BCUT2D eigenvalue weighted by molar-refractivity contribution is -0.908. The third-order valence-corrected chi connectivity index (χ3v) is 5.83. The second kappa shape index (κ2) is 8.87. The minimum Gasteiger partial charge on any atom is -0.490 e. The molecule has 2 heterocycles. The van der Waals surface area contributed by atoms with Crippen molar-refractivity contribution < 1.29 is 19.2 Å². The van der Waals surface area contributed by atoms with E-state index >= 15 is 0 Å². The predicted octanol–water partition coefficient (Wildman–Crippen LogP) is 2.30. The van der Waals surface area contributed by atoms with E-state index in [9.17, 15) is 4.79 Å². The van der Waals surface area contributed by atoms with Crippen molar-refractivity contribution in [3.63, 3.8) is 0 Å². The largest absolute Gasteiger partial charge is 0.490 e. The normalized spacial score (nSPS) is 19.2. The number of benzene rings is 2. The minimum atomic E-state index is -0.0453. The number of fused-ring (bicyclic) bond motifs is 2. The topological polar surface area (TPSA) is 52.0 Å². The second-order valence-electron chi connectivity index (χ2n) is 8.42. The first kappa shape index (κ1) is 19.8. The van der Waals surface area contributed by atoms with E-state index in [-0.39, 0.29) is 17.9 Å². The lowest BCUT2D eigenvalue weighted by atomic mass is 9.95. The van der Waals surface area contributed by atoms with Gasteiger partial charge in [-0.1, -0.05) is 44.2 Å². The van der Waals surface area contributed by atoms with Crippen LogP contribution in [0.1, 0.15) is 43.0 Å². The molecule has 2 aliphatic rings. The van der Waals surface area contributed by atoms with Crippen LogP contribution in [0.4, 0.5) is 0 Å². The Kier molecular flexibility index (Phi) is 6.05. The zero-order valence-electron chi connectivity index (χ0n) is 17.4. The zero-order valence-corrected chi connectivity index (χ0v) is 17.4. The van der Waals surface area contributed by atoms with Crippen molar-refractivity contribution in [2.45, 2.75) is 39.3 Å². The molecule has 0 spiro atoms. The summed E-state index contributed by atoms with van der Waals surface area (Å²) >= 11 is 0. The molecule has 2 aromatic rings. The van der Waals surface area contributed by atoms with E-state index in [4.69, 9.17) is 9.47 Å². The van der Waals surface area contributed by atoms with Gasteiger partial charge in [-0.2, -0.15) is 0 Å². The molecular formula is C24H31N2O3+. The molecule has 0 fully saturated rings. The molecule has 29 heavy (non-hydrogen) atoms. The first-order chi connectivity index (χ1) is 14.1. The Morgan fingerprint density at radius 1 is 1.07 bits per heavy atom. The summed E-state index contributed by atoms with van der Waals surface area (Å²) in [4.78, 5) is 14.2. The Balaban J connectivity index is 1.42. The highest BCUT2D eigenvalue weighted by Crippen LogP contribution is 2.34. The lowest BCUT2D eigenvalue weighted by Gasteiger charge is -2.28. The Morgan fingerprint density at radius 2 is 1.83 bits per heavy atom. The highest BCUT2D eigenvalue weighted by atomic mass is 16.5. The number of hydrogen-bond donors (Lipinski definition) is 2. The van der Waals surface area contributed by atoms with Gasteiger partial charge in [0.15, 0.2) is 18.0 Å². The van der Waals surface area contributed by atoms with Gasteiger partial charge in [0.05, 0.1) is 25.8 Å². The van der Waals surface area contributed by atoms with E-state index in [0.717, 1.165) is 43.0 Å². The second-order valence-corrected chi connectivity index (χ2v) is 8.42. The van der Waals surface area contributed by atoms with Gasteiger partial charge in [-0.3, -0.25) is 4.79 Å². The van der Waals surface area contributed by atoms with Crippen LogP contribution in [-0.2, 0) is 17.8 Å². The van der Waals surface area contributed by atoms with Crippen LogP contribution in [0.15, 0.2) is 42.5 Å². The molecule has 2 aromatic carbocycles. The van der Waals surface area contributed by atoms with Crippen LogP contribution in [0, 0.1) is 5.92 Å². The van der Waals surface area contributed by atoms with Crippen molar-refractivity contribution in [1.29, 1.82) is 0 Å². The summed E-state index contributed by atoms with van der Waals surface area (Å²) in [5.74, 6) is 1.95. The standard InChI is InChI=1S/C24H30N2O3/c1-17(2)24(19-8-9-21-22(14-19)29-13-5-12-28-21)25-23(27)16-26-11-10-18-6-3-4-7-20(18)15-26/h3-4,6-9,14,17,24H,5,10-13,15-16H2,1-2H3,(H,25,27)/p+1/t24-/m1/s1. The number of amides is 1. The average molecular weight is 396 g/mol. The summed E-state index contributed by atoms with van der Waals surface area (Å²) in [7, 11) is 0. The van der Waals surface area contributed by atoms with E-state index in [1.54, 1.807) is 0 Å². The van der Waals surface area contributed by atoms with Crippen molar-refractivity contribution in [3.8, 4) is 11.5 Å². The van der Waals surface area contributed by atoms with Crippen LogP contribution < -0.4 is 19.7 Å². The highest BCUT2D eigenvalue weighted by molar-refractivity contribution is 5.77. The first-order valence-electron chi connectivity index (χ1n) is 10.7.